The minimum Gasteiger partial charge on any atom is -0.550 e. The molecule has 1 atom stereocenters. The molecule has 0 radical (unpaired) electrons. The summed E-state index contributed by atoms with van der Waals surface area (Å²) < 4.78 is 0. The molecular formula is C18H34NNaO5. The molecule has 0 aliphatic carbocycles. The number of aliphatic hydroxyl groups is 2. The Labute approximate surface area is 174 Å². The summed E-state index contributed by atoms with van der Waals surface area (Å²) in [6, 6.07) is 0. The van der Waals surface area contributed by atoms with Gasteiger partial charge < -0.3 is 25.0 Å². The summed E-state index contributed by atoms with van der Waals surface area (Å²) in [5.41, 5.74) is 0. The van der Waals surface area contributed by atoms with Gasteiger partial charge in [0.25, 0.3) is 0 Å². The van der Waals surface area contributed by atoms with Gasteiger partial charge in [-0.25, -0.2) is 0 Å². The summed E-state index contributed by atoms with van der Waals surface area (Å²) in [5, 5.41) is 28.9. The number of hydrogen-bond donors (Lipinski definition) is 2. The predicted molar refractivity (Wildman–Crippen MR) is 91.1 cm³/mol. The fourth-order valence-corrected chi connectivity index (χ4v) is 2.87. The molecule has 0 aromatic rings. The van der Waals surface area contributed by atoms with Crippen LogP contribution in [0.4, 0.5) is 0 Å². The van der Waals surface area contributed by atoms with Crippen LogP contribution in [-0.4, -0.2) is 53.3 Å². The number of hydrogen-bond acceptors (Lipinski definition) is 5. The van der Waals surface area contributed by atoms with Crippen molar-refractivity contribution >= 4 is 11.9 Å². The van der Waals surface area contributed by atoms with E-state index in [4.69, 9.17) is 10.2 Å². The van der Waals surface area contributed by atoms with E-state index in [1.165, 1.54) is 37.0 Å². The van der Waals surface area contributed by atoms with Crippen molar-refractivity contribution in [2.24, 2.45) is 5.92 Å². The molecule has 0 fully saturated rings. The Bertz CT molecular complexity index is 335. The molecule has 0 heterocycles. The van der Waals surface area contributed by atoms with Crippen molar-refractivity contribution in [2.75, 3.05) is 26.3 Å². The standard InChI is InChI=1S/C18H35NO5.Na/c1-2-3-4-5-6-7-8-9-10-16(15-17(22)23)18(24)19(11-13-20)12-14-21;/h16,20-21H,2-15H2,1H3,(H,22,23);/q;+1/p-1. The van der Waals surface area contributed by atoms with Crippen molar-refractivity contribution in [2.45, 2.75) is 71.1 Å². The van der Waals surface area contributed by atoms with Crippen LogP contribution in [0.15, 0.2) is 0 Å². The van der Waals surface area contributed by atoms with E-state index in [1.54, 1.807) is 0 Å². The van der Waals surface area contributed by atoms with Crippen LogP contribution in [0, 0.1) is 5.92 Å². The van der Waals surface area contributed by atoms with Gasteiger partial charge in [-0.15, -0.1) is 0 Å². The third-order valence-electron chi connectivity index (χ3n) is 4.22. The largest absolute Gasteiger partial charge is 1.00 e. The molecule has 0 spiro atoms. The van der Waals surface area contributed by atoms with Gasteiger partial charge in [-0.2, -0.15) is 0 Å². The van der Waals surface area contributed by atoms with Crippen molar-refractivity contribution < 1.29 is 54.5 Å². The monoisotopic (exact) mass is 367 g/mol. The number of aliphatic carboxylic acids is 1. The molecule has 0 saturated heterocycles. The van der Waals surface area contributed by atoms with E-state index in [2.05, 4.69) is 6.92 Å². The van der Waals surface area contributed by atoms with Crippen molar-refractivity contribution in [1.82, 2.24) is 4.90 Å². The number of aliphatic hydroxyl groups excluding tert-OH is 2. The quantitative estimate of drug-likeness (QED) is 0.245. The van der Waals surface area contributed by atoms with Crippen molar-refractivity contribution in [1.29, 1.82) is 0 Å². The van der Waals surface area contributed by atoms with E-state index < -0.39 is 11.9 Å². The molecule has 1 unspecified atom stereocenters. The van der Waals surface area contributed by atoms with E-state index in [0.29, 0.717) is 6.42 Å². The third-order valence-corrected chi connectivity index (χ3v) is 4.22. The molecule has 25 heavy (non-hydrogen) atoms. The van der Waals surface area contributed by atoms with E-state index in [0.717, 1.165) is 19.3 Å². The SMILES string of the molecule is CCCCCCCCCCC(CC(=O)[O-])C(=O)N(CCO)CCO.[Na+]. The van der Waals surface area contributed by atoms with Gasteiger partial charge in [-0.05, 0) is 12.8 Å². The van der Waals surface area contributed by atoms with Gasteiger partial charge in [0.1, 0.15) is 0 Å². The van der Waals surface area contributed by atoms with E-state index in [9.17, 15) is 14.7 Å². The van der Waals surface area contributed by atoms with Crippen LogP contribution in [-0.2, 0) is 9.59 Å². The minimum absolute atomic E-state index is 0. The first-order valence-electron chi connectivity index (χ1n) is 9.27. The maximum Gasteiger partial charge on any atom is 1.00 e. The average molecular weight is 367 g/mol. The molecule has 0 aliphatic rings. The van der Waals surface area contributed by atoms with Gasteiger partial charge in [0.05, 0.1) is 13.2 Å². The van der Waals surface area contributed by atoms with Crippen LogP contribution in [0.3, 0.4) is 0 Å². The molecule has 0 rings (SSSR count). The Morgan fingerprint density at radius 3 is 1.84 bits per heavy atom. The van der Waals surface area contributed by atoms with Crippen molar-refractivity contribution in [3.05, 3.63) is 0 Å². The maximum atomic E-state index is 12.4. The number of carbonyl (C=O) groups is 2. The third kappa shape index (κ3) is 14.7. The number of amides is 1. The molecule has 1 amide bonds. The molecule has 0 aromatic heterocycles. The number of unbranched alkanes of at least 4 members (excludes halogenated alkanes) is 7. The predicted octanol–water partition coefficient (Wildman–Crippen LogP) is -1.91. The Morgan fingerprint density at radius 1 is 0.920 bits per heavy atom. The molecule has 0 aromatic carbocycles. The van der Waals surface area contributed by atoms with Crippen LogP contribution in [0.25, 0.3) is 0 Å². The van der Waals surface area contributed by atoms with Gasteiger partial charge in [0.2, 0.25) is 5.91 Å². The molecule has 142 valence electrons. The fraction of sp³-hybridized carbons (Fsp3) is 0.889. The van der Waals surface area contributed by atoms with Crippen LogP contribution < -0.4 is 34.7 Å². The smallest absolute Gasteiger partial charge is 0.550 e. The topological polar surface area (TPSA) is 101 Å². The van der Waals surface area contributed by atoms with Crippen molar-refractivity contribution in [3.8, 4) is 0 Å². The first-order chi connectivity index (χ1) is 11.6. The normalized spacial score (nSPS) is 11.6. The Kier molecular flexibility index (Phi) is 20.2. The first-order valence-corrected chi connectivity index (χ1v) is 9.27. The Morgan fingerprint density at radius 2 is 1.40 bits per heavy atom. The number of carboxylic acids is 1. The number of carboxylic acid groups (broad SMARTS) is 1. The fourth-order valence-electron chi connectivity index (χ4n) is 2.87. The minimum atomic E-state index is -1.24. The van der Waals surface area contributed by atoms with Crippen LogP contribution in [0.5, 0.6) is 0 Å². The molecule has 0 saturated carbocycles. The second kappa shape index (κ2) is 18.6. The first kappa shape index (κ1) is 27.1. The zero-order valence-corrected chi connectivity index (χ0v) is 18.0. The van der Waals surface area contributed by atoms with Crippen LogP contribution >= 0.6 is 0 Å². The van der Waals surface area contributed by atoms with Gasteiger partial charge >= 0.3 is 29.6 Å². The van der Waals surface area contributed by atoms with E-state index in [1.807, 2.05) is 0 Å². The number of carbonyl (C=O) groups excluding carboxylic acids is 2. The second-order valence-electron chi connectivity index (χ2n) is 6.31. The number of rotatable bonds is 16. The van der Waals surface area contributed by atoms with Crippen molar-refractivity contribution in [3.63, 3.8) is 0 Å². The van der Waals surface area contributed by atoms with E-state index in [-0.39, 0.29) is 68.2 Å². The number of nitrogens with zero attached hydrogens (tertiary/aromatic N) is 1. The molecule has 0 aliphatic heterocycles. The molecule has 2 N–H and O–H groups in total. The molecule has 7 heteroatoms. The molecule has 0 bridgehead atoms. The summed E-state index contributed by atoms with van der Waals surface area (Å²) in [5.74, 6) is -2.18. The maximum absolute atomic E-state index is 12.4. The van der Waals surface area contributed by atoms with Crippen LogP contribution in [0.1, 0.15) is 71.1 Å². The Balaban J connectivity index is 0. The molecule has 6 nitrogen and oxygen atoms in total. The van der Waals surface area contributed by atoms with Crippen LogP contribution in [0.2, 0.25) is 0 Å². The van der Waals surface area contributed by atoms with Gasteiger partial charge in [0.15, 0.2) is 0 Å². The Hall–Kier alpha value is -0.140. The van der Waals surface area contributed by atoms with Gasteiger partial charge in [-0.1, -0.05) is 58.3 Å². The van der Waals surface area contributed by atoms with E-state index >= 15 is 0 Å². The summed E-state index contributed by atoms with van der Waals surface area (Å²) in [6.45, 7) is 2.00. The second-order valence-corrected chi connectivity index (χ2v) is 6.31. The zero-order valence-electron chi connectivity index (χ0n) is 16.0. The van der Waals surface area contributed by atoms with Gasteiger partial charge in [0, 0.05) is 25.0 Å². The average Bonchev–Trinajstić information content (AvgIpc) is 2.55. The summed E-state index contributed by atoms with van der Waals surface area (Å²) >= 11 is 0. The zero-order chi connectivity index (χ0) is 18.2. The summed E-state index contributed by atoms with van der Waals surface area (Å²) in [6.07, 6.45) is 9.28. The molecular weight excluding hydrogens is 333 g/mol. The summed E-state index contributed by atoms with van der Waals surface area (Å²) in [4.78, 5) is 24.6. The van der Waals surface area contributed by atoms with Gasteiger partial charge in [-0.3, -0.25) is 4.79 Å². The summed E-state index contributed by atoms with van der Waals surface area (Å²) in [7, 11) is 0.